The minimum Gasteiger partial charge on any atom is -0.387 e. The molecule has 0 saturated carbocycles. The molecule has 3 aliphatic rings. The number of nitrogen functional groups attached to an aromatic ring is 2. The lowest BCUT2D eigenvalue weighted by molar-refractivity contribution is -0.0615. The first-order chi connectivity index (χ1) is 21.3. The van der Waals surface area contributed by atoms with Crippen molar-refractivity contribution in [1.82, 2.24) is 44.5 Å². The molecule has 3 saturated heterocycles. The Kier molecular flexibility index (Phi) is 7.71. The SMILES string of the molecule is Nc1nc2c(ncn2[C@@H]2O[C@@H]3COP(O)(=S)OC4C(O)[C@H](n5nnc6c(N)ncnc65)O[C@@H]4COP(=O)(S)OC2C3O)c(=O)[nH]1. The number of aromatic nitrogens is 9. The van der Waals surface area contributed by atoms with Gasteiger partial charge in [0.2, 0.25) is 5.95 Å². The molecule has 7 heterocycles. The molecule has 0 spiro atoms. The number of nitrogens with zero attached hydrogens (tertiary/aromatic N) is 8. The third-order valence-corrected chi connectivity index (χ3v) is 10.4. The number of thiol groups is 1. The second-order valence-electron chi connectivity index (χ2n) is 10.0. The lowest BCUT2D eigenvalue weighted by Crippen LogP contribution is -2.36. The number of nitrogens with two attached hydrogens (primary N) is 2. The van der Waals surface area contributed by atoms with E-state index in [0.29, 0.717) is 0 Å². The van der Waals surface area contributed by atoms with Gasteiger partial charge in [-0.3, -0.25) is 27.9 Å². The monoisotopic (exact) mass is 707 g/mol. The quantitative estimate of drug-likeness (QED) is 0.0884. The summed E-state index contributed by atoms with van der Waals surface area (Å²) >= 11 is 9.26. The van der Waals surface area contributed by atoms with Crippen LogP contribution in [-0.4, -0.2) is 109 Å². The van der Waals surface area contributed by atoms with E-state index in [1.54, 1.807) is 0 Å². The number of aliphatic hydroxyl groups excluding tert-OH is 2. The molecule has 10 atom stereocenters. The zero-order valence-electron chi connectivity index (χ0n) is 22.3. The average Bonchev–Trinajstić information content (AvgIpc) is 3.72. The van der Waals surface area contributed by atoms with Crippen molar-refractivity contribution in [3.05, 3.63) is 23.0 Å². The molecule has 3 aliphatic heterocycles. The summed E-state index contributed by atoms with van der Waals surface area (Å²) in [6, 6.07) is 0. The highest BCUT2D eigenvalue weighted by atomic mass is 32.7. The van der Waals surface area contributed by atoms with Gasteiger partial charge in [-0.25, -0.2) is 19.5 Å². The normalized spacial score (nSPS) is 37.7. The minimum absolute atomic E-state index is 0.0281. The molecule has 2 bridgehead atoms. The number of fused-ring (bicyclic) bond motifs is 5. The Bertz CT molecular complexity index is 1940. The first-order valence-electron chi connectivity index (χ1n) is 12.8. The molecule has 6 unspecified atom stereocenters. The van der Waals surface area contributed by atoms with Gasteiger partial charge in [-0.2, -0.15) is 9.67 Å². The van der Waals surface area contributed by atoms with Gasteiger partial charge in [0.15, 0.2) is 40.6 Å². The molecule has 3 fully saturated rings. The molecule has 0 aromatic carbocycles. The molecular weight excluding hydrogens is 684 g/mol. The van der Waals surface area contributed by atoms with Gasteiger partial charge >= 0.3 is 13.5 Å². The molecule has 45 heavy (non-hydrogen) atoms. The van der Waals surface area contributed by atoms with Gasteiger partial charge in [0.25, 0.3) is 5.56 Å². The van der Waals surface area contributed by atoms with E-state index < -0.39 is 81.4 Å². The van der Waals surface area contributed by atoms with Crippen LogP contribution in [0.4, 0.5) is 11.8 Å². The number of aromatic amines is 1. The van der Waals surface area contributed by atoms with Crippen LogP contribution in [0.25, 0.3) is 22.3 Å². The number of rotatable bonds is 2. The predicted molar refractivity (Wildman–Crippen MR) is 155 cm³/mol. The molecular formula is C19H23N11O11P2S2. The predicted octanol–water partition coefficient (Wildman–Crippen LogP) is -1.89. The molecule has 242 valence electrons. The Morgan fingerprint density at radius 2 is 1.76 bits per heavy atom. The molecule has 4 aromatic rings. The molecule has 8 N–H and O–H groups in total. The van der Waals surface area contributed by atoms with E-state index >= 15 is 0 Å². The number of aliphatic hydroxyl groups is 2. The maximum Gasteiger partial charge on any atom is 0.386 e. The average molecular weight is 708 g/mol. The first-order valence-corrected chi connectivity index (χ1v) is 18.1. The summed E-state index contributed by atoms with van der Waals surface area (Å²) < 4.78 is 50.1. The lowest BCUT2D eigenvalue weighted by atomic mass is 10.1. The smallest absolute Gasteiger partial charge is 0.386 e. The van der Waals surface area contributed by atoms with Crippen LogP contribution in [0.3, 0.4) is 0 Å². The van der Waals surface area contributed by atoms with Crippen molar-refractivity contribution in [3.63, 3.8) is 0 Å². The summed E-state index contributed by atoms with van der Waals surface area (Å²) in [5.41, 5.74) is 11.0. The lowest BCUT2D eigenvalue weighted by Gasteiger charge is -2.27. The number of nitrogens with one attached hydrogen (secondary N) is 1. The summed E-state index contributed by atoms with van der Waals surface area (Å²) in [6.07, 6.45) is -8.91. The van der Waals surface area contributed by atoms with Crippen molar-refractivity contribution >= 4 is 71.7 Å². The van der Waals surface area contributed by atoms with Crippen LogP contribution in [0, 0.1) is 0 Å². The van der Waals surface area contributed by atoms with Gasteiger partial charge < -0.3 is 40.6 Å². The maximum atomic E-state index is 13.5. The zero-order chi connectivity index (χ0) is 31.8. The van der Waals surface area contributed by atoms with Crippen molar-refractivity contribution in [3.8, 4) is 0 Å². The number of hydrogen-bond donors (Lipinski definition) is 7. The topological polar surface area (TPSA) is 305 Å². The van der Waals surface area contributed by atoms with Crippen LogP contribution in [0.15, 0.2) is 17.4 Å². The molecule has 0 aliphatic carbocycles. The minimum atomic E-state index is -4.38. The fourth-order valence-electron chi connectivity index (χ4n) is 5.17. The summed E-state index contributed by atoms with van der Waals surface area (Å²) in [5, 5.41) is 30.2. The van der Waals surface area contributed by atoms with Gasteiger partial charge in [-0.15, -0.1) is 5.10 Å². The summed E-state index contributed by atoms with van der Waals surface area (Å²) in [7, 11) is 0. The molecule has 4 aromatic heterocycles. The zero-order valence-corrected chi connectivity index (χ0v) is 25.8. The number of imidazole rings is 1. The van der Waals surface area contributed by atoms with Crippen LogP contribution >= 0.6 is 25.8 Å². The standard InChI is InChI=1S/C19H23N11O11P2S2/c20-13-7-14(23-3-22-13)30(28-27-7)17-10(32)11-6(39-17)2-37-43(35,45)41-12-9(31)5(1-36-42(34,44)40-11)38-18(12)29-4-24-8-15(29)25-19(21)26-16(8)33/h3-6,9-12,17-18,31-32H,1-2H2,(H,34,44)(H,35,45)(H2,20,22,23)(H3,21,25,26,33)/t5-,6-,9?,10?,11?,12?,17-,18-,42?,43?/m1/s1. The van der Waals surface area contributed by atoms with E-state index in [0.717, 1.165) is 11.0 Å². The van der Waals surface area contributed by atoms with Gasteiger partial charge in [0.05, 0.1) is 19.5 Å². The maximum absolute atomic E-state index is 13.5. The van der Waals surface area contributed by atoms with Crippen molar-refractivity contribution in [1.29, 1.82) is 0 Å². The molecule has 0 amide bonds. The van der Waals surface area contributed by atoms with E-state index in [1.807, 2.05) is 0 Å². The second-order valence-corrected chi connectivity index (χ2v) is 15.7. The highest BCUT2D eigenvalue weighted by Gasteiger charge is 2.53. The fourth-order valence-corrected chi connectivity index (χ4v) is 8.07. The van der Waals surface area contributed by atoms with Crippen molar-refractivity contribution < 1.29 is 47.2 Å². The molecule has 0 radical (unpaired) electrons. The van der Waals surface area contributed by atoms with Crippen LogP contribution in [-0.2, 0) is 43.9 Å². The number of ether oxygens (including phenoxy) is 2. The summed E-state index contributed by atoms with van der Waals surface area (Å²) in [4.78, 5) is 41.6. The van der Waals surface area contributed by atoms with E-state index in [1.165, 1.54) is 10.9 Å². The number of anilines is 2. The van der Waals surface area contributed by atoms with Crippen LogP contribution in [0.2, 0.25) is 0 Å². The van der Waals surface area contributed by atoms with E-state index in [2.05, 4.69) is 47.5 Å². The van der Waals surface area contributed by atoms with Gasteiger partial charge in [0.1, 0.15) is 43.0 Å². The number of H-pyrrole nitrogens is 1. The van der Waals surface area contributed by atoms with Crippen LogP contribution in [0.1, 0.15) is 12.5 Å². The fraction of sp³-hybridized carbons (Fsp3) is 0.526. The number of hydrogen-bond acceptors (Lipinski definition) is 19. The third kappa shape index (κ3) is 5.54. The highest BCUT2D eigenvalue weighted by molar-refractivity contribution is 8.44. The second kappa shape index (κ2) is 11.2. The van der Waals surface area contributed by atoms with E-state index in [4.69, 9.17) is 50.8 Å². The highest BCUT2D eigenvalue weighted by Crippen LogP contribution is 2.58. The van der Waals surface area contributed by atoms with Crippen LogP contribution < -0.4 is 17.0 Å². The molecule has 22 nitrogen and oxygen atoms in total. The summed E-state index contributed by atoms with van der Waals surface area (Å²) in [6.45, 7) is -9.75. The first kappa shape index (κ1) is 30.9. The Morgan fingerprint density at radius 1 is 1.00 bits per heavy atom. The summed E-state index contributed by atoms with van der Waals surface area (Å²) in [5.74, 6) is -0.199. The Balaban J connectivity index is 1.21. The third-order valence-electron chi connectivity index (χ3n) is 7.19. The van der Waals surface area contributed by atoms with Crippen molar-refractivity contribution in [2.75, 3.05) is 24.7 Å². The van der Waals surface area contributed by atoms with E-state index in [9.17, 15) is 24.5 Å². The van der Waals surface area contributed by atoms with E-state index in [-0.39, 0.29) is 34.1 Å². The largest absolute Gasteiger partial charge is 0.387 e. The molecule has 7 rings (SSSR count). The Morgan fingerprint density at radius 3 is 2.56 bits per heavy atom. The molecule has 26 heteroatoms. The Labute approximate surface area is 259 Å². The van der Waals surface area contributed by atoms with Crippen molar-refractivity contribution in [2.24, 2.45) is 0 Å². The van der Waals surface area contributed by atoms with Crippen LogP contribution in [0.5, 0.6) is 0 Å². The van der Waals surface area contributed by atoms with Gasteiger partial charge in [-0.05, 0) is 11.8 Å². The van der Waals surface area contributed by atoms with Gasteiger partial charge in [-0.1, -0.05) is 17.5 Å². The Hall–Kier alpha value is -2.70. The van der Waals surface area contributed by atoms with Crippen molar-refractivity contribution in [2.45, 2.75) is 49.1 Å². The van der Waals surface area contributed by atoms with Gasteiger partial charge in [0, 0.05) is 0 Å².